The molecule has 0 bridgehead atoms. The SMILES string of the molecule is CSCC(C)CNC(=O)N1CCNC(=O)C1CC(=O)O. The van der Waals surface area contributed by atoms with Crippen LogP contribution in [0.1, 0.15) is 13.3 Å². The van der Waals surface area contributed by atoms with E-state index >= 15 is 0 Å². The van der Waals surface area contributed by atoms with Crippen molar-refractivity contribution in [3.8, 4) is 0 Å². The zero-order valence-corrected chi connectivity index (χ0v) is 12.5. The highest BCUT2D eigenvalue weighted by Crippen LogP contribution is 2.10. The third-order valence-electron chi connectivity index (χ3n) is 3.01. The molecule has 0 spiro atoms. The summed E-state index contributed by atoms with van der Waals surface area (Å²) in [6, 6.07) is -1.31. The van der Waals surface area contributed by atoms with Gasteiger partial charge in [0.2, 0.25) is 5.91 Å². The molecule has 1 aliphatic heterocycles. The summed E-state index contributed by atoms with van der Waals surface area (Å²) in [5.74, 6) is -0.253. The summed E-state index contributed by atoms with van der Waals surface area (Å²) < 4.78 is 0. The van der Waals surface area contributed by atoms with Gasteiger partial charge in [0.1, 0.15) is 6.04 Å². The van der Waals surface area contributed by atoms with Crippen molar-refractivity contribution in [2.24, 2.45) is 5.92 Å². The van der Waals surface area contributed by atoms with Crippen LogP contribution in [0.25, 0.3) is 0 Å². The molecular weight excluding hydrogens is 282 g/mol. The number of thioether (sulfide) groups is 1. The van der Waals surface area contributed by atoms with Crippen molar-refractivity contribution in [3.05, 3.63) is 0 Å². The molecule has 1 heterocycles. The Hall–Kier alpha value is -1.44. The number of nitrogens with zero attached hydrogens (tertiary/aromatic N) is 1. The van der Waals surface area contributed by atoms with Gasteiger partial charge in [0.05, 0.1) is 6.42 Å². The van der Waals surface area contributed by atoms with E-state index in [0.717, 1.165) is 5.75 Å². The smallest absolute Gasteiger partial charge is 0.318 e. The van der Waals surface area contributed by atoms with Gasteiger partial charge < -0.3 is 20.6 Å². The zero-order chi connectivity index (χ0) is 15.1. The number of urea groups is 1. The first-order valence-electron chi connectivity index (χ1n) is 6.48. The first kappa shape index (κ1) is 16.6. The van der Waals surface area contributed by atoms with E-state index < -0.39 is 17.9 Å². The summed E-state index contributed by atoms with van der Waals surface area (Å²) in [5.41, 5.74) is 0. The summed E-state index contributed by atoms with van der Waals surface area (Å²) in [6.45, 7) is 3.21. The number of carbonyl (C=O) groups excluding carboxylic acids is 2. The van der Waals surface area contributed by atoms with Crippen molar-refractivity contribution in [2.75, 3.05) is 31.6 Å². The van der Waals surface area contributed by atoms with Crippen LogP contribution in [-0.4, -0.2) is 65.6 Å². The number of carboxylic acids is 1. The number of carboxylic acid groups (broad SMARTS) is 1. The summed E-state index contributed by atoms with van der Waals surface area (Å²) in [7, 11) is 0. The maximum Gasteiger partial charge on any atom is 0.318 e. The van der Waals surface area contributed by atoms with E-state index in [-0.39, 0.29) is 12.5 Å². The first-order valence-corrected chi connectivity index (χ1v) is 7.88. The molecule has 0 aromatic carbocycles. The fourth-order valence-corrected chi connectivity index (χ4v) is 2.72. The van der Waals surface area contributed by atoms with Crippen molar-refractivity contribution in [2.45, 2.75) is 19.4 Å². The average molecular weight is 303 g/mol. The predicted molar refractivity (Wildman–Crippen MR) is 76.7 cm³/mol. The minimum atomic E-state index is -1.10. The second-order valence-electron chi connectivity index (χ2n) is 4.84. The van der Waals surface area contributed by atoms with Crippen LogP contribution in [-0.2, 0) is 9.59 Å². The highest BCUT2D eigenvalue weighted by molar-refractivity contribution is 7.98. The van der Waals surface area contributed by atoms with E-state index in [9.17, 15) is 14.4 Å². The number of aliphatic carboxylic acids is 1. The second kappa shape index (κ2) is 7.98. The lowest BCUT2D eigenvalue weighted by Gasteiger charge is -2.34. The van der Waals surface area contributed by atoms with Crippen LogP contribution in [0.4, 0.5) is 4.79 Å². The number of nitrogens with one attached hydrogen (secondary N) is 2. The Balaban J connectivity index is 2.58. The molecule has 20 heavy (non-hydrogen) atoms. The van der Waals surface area contributed by atoms with Crippen LogP contribution in [0, 0.1) is 5.92 Å². The van der Waals surface area contributed by atoms with Gasteiger partial charge in [-0.3, -0.25) is 9.59 Å². The van der Waals surface area contributed by atoms with E-state index in [1.165, 1.54) is 4.90 Å². The summed E-state index contributed by atoms with van der Waals surface area (Å²) in [4.78, 5) is 35.9. The van der Waals surface area contributed by atoms with E-state index in [1.807, 2.05) is 13.2 Å². The molecule has 1 rings (SSSR count). The normalized spacial score (nSPS) is 20.2. The monoisotopic (exact) mass is 303 g/mol. The standard InChI is InChI=1S/C12H21N3O4S/c1-8(7-20-2)6-14-12(19)15-4-3-13-11(18)9(15)5-10(16)17/h8-9H,3-7H2,1-2H3,(H,13,18)(H,14,19)(H,16,17). The number of hydrogen-bond donors (Lipinski definition) is 3. The van der Waals surface area contributed by atoms with Gasteiger partial charge in [-0.15, -0.1) is 0 Å². The maximum atomic E-state index is 12.1. The lowest BCUT2D eigenvalue weighted by atomic mass is 10.1. The van der Waals surface area contributed by atoms with Gasteiger partial charge in [-0.05, 0) is 17.9 Å². The number of carbonyl (C=O) groups is 3. The van der Waals surface area contributed by atoms with Crippen LogP contribution < -0.4 is 10.6 Å². The molecule has 0 aromatic rings. The Kier molecular flexibility index (Phi) is 6.63. The molecule has 0 saturated carbocycles. The van der Waals surface area contributed by atoms with Gasteiger partial charge in [0, 0.05) is 19.6 Å². The number of rotatable bonds is 6. The lowest BCUT2D eigenvalue weighted by Crippen LogP contribution is -2.60. The topological polar surface area (TPSA) is 98.7 Å². The molecule has 1 fully saturated rings. The molecule has 2 atom stereocenters. The van der Waals surface area contributed by atoms with Gasteiger partial charge in [0.15, 0.2) is 0 Å². The molecule has 8 heteroatoms. The molecule has 0 radical (unpaired) electrons. The average Bonchev–Trinajstić information content (AvgIpc) is 2.38. The van der Waals surface area contributed by atoms with Gasteiger partial charge in [-0.2, -0.15) is 11.8 Å². The fraction of sp³-hybridized carbons (Fsp3) is 0.750. The van der Waals surface area contributed by atoms with Crippen LogP contribution >= 0.6 is 11.8 Å². The van der Waals surface area contributed by atoms with Crippen molar-refractivity contribution in [1.29, 1.82) is 0 Å². The molecule has 0 aromatic heterocycles. The van der Waals surface area contributed by atoms with Crippen molar-refractivity contribution >= 4 is 29.7 Å². The Morgan fingerprint density at radius 1 is 1.60 bits per heavy atom. The summed E-state index contributed by atoms with van der Waals surface area (Å²) in [6.07, 6.45) is 1.62. The Morgan fingerprint density at radius 3 is 2.90 bits per heavy atom. The van der Waals surface area contributed by atoms with Gasteiger partial charge >= 0.3 is 12.0 Å². The van der Waals surface area contributed by atoms with Crippen molar-refractivity contribution in [1.82, 2.24) is 15.5 Å². The van der Waals surface area contributed by atoms with Crippen LogP contribution in [0.5, 0.6) is 0 Å². The molecule has 1 saturated heterocycles. The lowest BCUT2D eigenvalue weighted by molar-refractivity contribution is -0.142. The van der Waals surface area contributed by atoms with E-state index in [2.05, 4.69) is 10.6 Å². The predicted octanol–water partition coefficient (Wildman–Crippen LogP) is -0.0298. The molecule has 3 amide bonds. The maximum absolute atomic E-state index is 12.1. The van der Waals surface area contributed by atoms with E-state index in [4.69, 9.17) is 5.11 Å². The molecule has 7 nitrogen and oxygen atoms in total. The van der Waals surface area contributed by atoms with Crippen LogP contribution in [0.15, 0.2) is 0 Å². The number of amides is 3. The van der Waals surface area contributed by atoms with E-state index in [1.54, 1.807) is 11.8 Å². The summed E-state index contributed by atoms with van der Waals surface area (Å²) >= 11 is 1.70. The minimum absolute atomic E-state index is 0.325. The molecule has 3 N–H and O–H groups in total. The molecule has 0 aliphatic carbocycles. The van der Waals surface area contributed by atoms with E-state index in [0.29, 0.717) is 25.6 Å². The number of piperazine rings is 1. The van der Waals surface area contributed by atoms with Crippen molar-refractivity contribution in [3.63, 3.8) is 0 Å². The molecular formula is C12H21N3O4S. The minimum Gasteiger partial charge on any atom is -0.481 e. The molecule has 114 valence electrons. The molecule has 2 unspecified atom stereocenters. The first-order chi connectivity index (χ1) is 9.45. The Bertz CT molecular complexity index is 378. The Morgan fingerprint density at radius 2 is 2.30 bits per heavy atom. The second-order valence-corrected chi connectivity index (χ2v) is 5.76. The van der Waals surface area contributed by atoms with Gasteiger partial charge in [0.25, 0.3) is 0 Å². The van der Waals surface area contributed by atoms with Gasteiger partial charge in [-0.1, -0.05) is 6.92 Å². The third-order valence-corrected chi connectivity index (χ3v) is 3.91. The quantitative estimate of drug-likeness (QED) is 0.640. The van der Waals surface area contributed by atoms with Crippen molar-refractivity contribution < 1.29 is 19.5 Å². The van der Waals surface area contributed by atoms with Gasteiger partial charge in [-0.25, -0.2) is 4.79 Å². The largest absolute Gasteiger partial charge is 0.481 e. The molecule has 1 aliphatic rings. The fourth-order valence-electron chi connectivity index (χ4n) is 2.03. The highest BCUT2D eigenvalue weighted by Gasteiger charge is 2.34. The van der Waals surface area contributed by atoms with Crippen LogP contribution in [0.2, 0.25) is 0 Å². The zero-order valence-electron chi connectivity index (χ0n) is 11.7. The van der Waals surface area contributed by atoms with Crippen LogP contribution in [0.3, 0.4) is 0 Å². The third kappa shape index (κ3) is 4.92. The highest BCUT2D eigenvalue weighted by atomic mass is 32.2. The summed E-state index contributed by atoms with van der Waals surface area (Å²) in [5, 5.41) is 14.2. The Labute approximate surface area is 122 Å². The number of hydrogen-bond acceptors (Lipinski definition) is 4.